The Morgan fingerprint density at radius 3 is 1.33 bits per heavy atom. The zero-order valence-electron chi connectivity index (χ0n) is 30.8. The van der Waals surface area contributed by atoms with Crippen molar-refractivity contribution in [1.82, 2.24) is 15.0 Å². The Morgan fingerprint density at radius 1 is 0.310 bits per heavy atom. The summed E-state index contributed by atoms with van der Waals surface area (Å²) in [6, 6.07) is 63.1. The van der Waals surface area contributed by atoms with E-state index in [1.165, 1.54) is 33.0 Å². The molecule has 10 rings (SSSR count). The van der Waals surface area contributed by atoms with Crippen molar-refractivity contribution in [2.24, 2.45) is 0 Å². The first-order valence-electron chi connectivity index (χ1n) is 18.8. The van der Waals surface area contributed by atoms with Gasteiger partial charge in [0.1, 0.15) is 0 Å². The fourth-order valence-corrected chi connectivity index (χ4v) is 7.95. The summed E-state index contributed by atoms with van der Waals surface area (Å²) in [6.07, 6.45) is 0. The number of fused-ring (bicyclic) bond motifs is 3. The first kappa shape index (κ1) is 34.0. The average Bonchev–Trinajstić information content (AvgIpc) is 3.63. The molecule has 0 bridgehead atoms. The van der Waals surface area contributed by atoms with Crippen molar-refractivity contribution in [2.45, 2.75) is 0 Å². The van der Waals surface area contributed by atoms with Crippen LogP contribution in [0.5, 0.6) is 0 Å². The molecule has 0 unspecified atom stereocenters. The lowest BCUT2D eigenvalue weighted by Crippen LogP contribution is -2.00. The Morgan fingerprint density at radius 2 is 0.759 bits per heavy atom. The lowest BCUT2D eigenvalue weighted by Gasteiger charge is -2.13. The molecule has 1 aliphatic carbocycles. The van der Waals surface area contributed by atoms with E-state index in [0.29, 0.717) is 34.2 Å². The third-order valence-corrected chi connectivity index (χ3v) is 10.8. The molecule has 0 spiro atoms. The smallest absolute Gasteiger partial charge is 0.164 e. The van der Waals surface area contributed by atoms with Gasteiger partial charge in [-0.25, -0.2) is 15.0 Å². The second-order valence-electron chi connectivity index (χ2n) is 14.1. The lowest BCUT2D eigenvalue weighted by molar-refractivity contribution is 1.07. The topological polar surface area (TPSA) is 110 Å². The zero-order valence-corrected chi connectivity index (χ0v) is 30.8. The van der Waals surface area contributed by atoms with E-state index in [-0.39, 0.29) is 0 Å². The number of aromatic nitrogens is 3. The molecule has 0 aliphatic heterocycles. The maximum absolute atomic E-state index is 10.4. The minimum absolute atomic E-state index is 0.468. The molecule has 8 aromatic carbocycles. The number of rotatable bonds is 6. The summed E-state index contributed by atoms with van der Waals surface area (Å²) in [5, 5.41) is 31.6. The van der Waals surface area contributed by atoms with Crippen LogP contribution in [0.25, 0.3) is 101 Å². The molecule has 9 aromatic rings. The van der Waals surface area contributed by atoms with Gasteiger partial charge in [0.2, 0.25) is 0 Å². The molecular weight excluding hydrogens is 709 g/mol. The predicted octanol–water partition coefficient (Wildman–Crippen LogP) is 12.3. The van der Waals surface area contributed by atoms with Crippen LogP contribution in [0.4, 0.5) is 0 Å². The average molecular weight is 737 g/mol. The fraction of sp³-hybridized carbons (Fsp3) is 0. The van der Waals surface area contributed by atoms with Crippen LogP contribution in [-0.2, 0) is 0 Å². The molecule has 6 nitrogen and oxygen atoms in total. The highest BCUT2D eigenvalue weighted by Gasteiger charge is 2.22. The summed E-state index contributed by atoms with van der Waals surface area (Å²) in [5.41, 5.74) is 15.0. The number of nitrogens with zero attached hydrogens (tertiary/aromatic N) is 6. The largest absolute Gasteiger partial charge is 0.208 e. The quantitative estimate of drug-likeness (QED) is 0.168. The second kappa shape index (κ2) is 14.0. The van der Waals surface area contributed by atoms with Gasteiger partial charge in [-0.1, -0.05) is 109 Å². The summed E-state index contributed by atoms with van der Waals surface area (Å²) in [4.78, 5) is 14.4. The molecule has 0 radical (unpaired) electrons. The van der Waals surface area contributed by atoms with E-state index in [0.717, 1.165) is 50.1 Å². The second-order valence-corrected chi connectivity index (χ2v) is 14.1. The van der Waals surface area contributed by atoms with Gasteiger partial charge in [0.15, 0.2) is 17.5 Å². The van der Waals surface area contributed by atoms with Crippen molar-refractivity contribution >= 4 is 10.8 Å². The zero-order chi connectivity index (χ0) is 39.2. The van der Waals surface area contributed by atoms with Crippen LogP contribution in [0.2, 0.25) is 0 Å². The van der Waals surface area contributed by atoms with Crippen LogP contribution in [0.15, 0.2) is 170 Å². The van der Waals surface area contributed by atoms with E-state index < -0.39 is 0 Å². The van der Waals surface area contributed by atoms with E-state index >= 15 is 0 Å². The fourth-order valence-electron chi connectivity index (χ4n) is 7.95. The normalized spacial score (nSPS) is 11.1. The Balaban J connectivity index is 0.976. The summed E-state index contributed by atoms with van der Waals surface area (Å²) >= 11 is 0. The van der Waals surface area contributed by atoms with Crippen molar-refractivity contribution in [3.05, 3.63) is 187 Å². The van der Waals surface area contributed by atoms with Crippen molar-refractivity contribution < 1.29 is 0 Å². The lowest BCUT2D eigenvalue weighted by atomic mass is 9.91. The number of hydrogen-bond acceptors (Lipinski definition) is 6. The van der Waals surface area contributed by atoms with Crippen LogP contribution in [-0.4, -0.2) is 15.0 Å². The molecule has 0 amide bonds. The van der Waals surface area contributed by atoms with Crippen molar-refractivity contribution in [3.63, 3.8) is 0 Å². The van der Waals surface area contributed by atoms with E-state index in [1.54, 1.807) is 24.3 Å². The molecular formula is C52H28N6. The van der Waals surface area contributed by atoms with Crippen molar-refractivity contribution in [3.8, 4) is 108 Å². The van der Waals surface area contributed by atoms with Gasteiger partial charge >= 0.3 is 0 Å². The Labute approximate surface area is 334 Å². The van der Waals surface area contributed by atoms with Gasteiger partial charge in [0.25, 0.3) is 0 Å². The third-order valence-electron chi connectivity index (χ3n) is 10.8. The monoisotopic (exact) mass is 736 g/mol. The molecule has 0 atom stereocenters. The number of nitriles is 3. The summed E-state index contributed by atoms with van der Waals surface area (Å²) in [5.74, 6) is 1.42. The van der Waals surface area contributed by atoms with Crippen molar-refractivity contribution in [2.75, 3.05) is 0 Å². The number of hydrogen-bond donors (Lipinski definition) is 0. The van der Waals surface area contributed by atoms with Gasteiger partial charge in [0.05, 0.1) is 34.9 Å². The van der Waals surface area contributed by atoms with Crippen LogP contribution in [0, 0.1) is 34.0 Å². The Kier molecular flexibility index (Phi) is 8.20. The molecule has 58 heavy (non-hydrogen) atoms. The molecule has 1 aromatic heterocycles. The number of benzene rings is 8. The van der Waals surface area contributed by atoms with Crippen LogP contribution >= 0.6 is 0 Å². The summed E-state index contributed by atoms with van der Waals surface area (Å²) in [6.45, 7) is 0. The molecule has 0 fully saturated rings. The van der Waals surface area contributed by atoms with Crippen LogP contribution < -0.4 is 0 Å². The highest BCUT2D eigenvalue weighted by molar-refractivity contribution is 6.18. The van der Waals surface area contributed by atoms with E-state index in [2.05, 4.69) is 103 Å². The van der Waals surface area contributed by atoms with Gasteiger partial charge < -0.3 is 0 Å². The van der Waals surface area contributed by atoms with E-state index in [4.69, 9.17) is 15.0 Å². The van der Waals surface area contributed by atoms with Crippen LogP contribution in [0.1, 0.15) is 16.7 Å². The van der Waals surface area contributed by atoms with E-state index in [1.807, 2.05) is 60.7 Å². The van der Waals surface area contributed by atoms with Gasteiger partial charge in [-0.3, -0.25) is 0 Å². The molecule has 6 heteroatoms. The minimum atomic E-state index is 0.468. The molecule has 1 aliphatic rings. The van der Waals surface area contributed by atoms with Crippen molar-refractivity contribution in [1.29, 1.82) is 15.8 Å². The maximum atomic E-state index is 10.4. The highest BCUT2D eigenvalue weighted by atomic mass is 15.0. The molecule has 1 heterocycles. The molecule has 0 N–H and O–H groups in total. The van der Waals surface area contributed by atoms with Crippen LogP contribution in [0.3, 0.4) is 0 Å². The first-order valence-corrected chi connectivity index (χ1v) is 18.8. The summed E-state index contributed by atoms with van der Waals surface area (Å²) in [7, 11) is 0. The van der Waals surface area contributed by atoms with Gasteiger partial charge in [-0.15, -0.1) is 0 Å². The Hall–Kier alpha value is -8.50. The van der Waals surface area contributed by atoms with Gasteiger partial charge in [-0.05, 0) is 127 Å². The Bertz CT molecular complexity index is 3130. The van der Waals surface area contributed by atoms with Gasteiger partial charge in [-0.2, -0.15) is 15.8 Å². The summed E-state index contributed by atoms with van der Waals surface area (Å²) < 4.78 is 0. The first-order chi connectivity index (χ1) is 28.6. The van der Waals surface area contributed by atoms with E-state index in [9.17, 15) is 15.8 Å². The molecule has 266 valence electrons. The highest BCUT2D eigenvalue weighted by Crippen LogP contribution is 2.49. The maximum Gasteiger partial charge on any atom is 0.164 e. The molecule has 0 saturated heterocycles. The minimum Gasteiger partial charge on any atom is -0.208 e. The predicted molar refractivity (Wildman–Crippen MR) is 229 cm³/mol. The van der Waals surface area contributed by atoms with Gasteiger partial charge in [0, 0.05) is 16.7 Å². The SMILES string of the molecule is N#Cc1ccc(-c2nc(-c3ccc(C#N)cc3)nc(-c3ccc(-c4ccc(-c5cccc(-c6ccc7c8c(cccc68)-c6ccccc6-7)c5)c(C#N)c4)cc3)n2)cc1. The standard InChI is InChI=1S/C52H28N6/c53-29-32-11-15-35(16-12-32)50-56-51(36-17-13-33(30-54)14-18-36)58-52(57-50)37-21-19-34(20-22-37)38-23-24-42(41(27-38)31-55)39-5-3-6-40(28-39)43-25-26-48-45-8-2-1-7-44(45)47-10-4-9-46(43)49(47)48/h1-28H. The molecule has 0 saturated carbocycles. The third kappa shape index (κ3) is 5.85.